The van der Waals surface area contributed by atoms with Crippen LogP contribution in [0.3, 0.4) is 0 Å². The molecule has 0 radical (unpaired) electrons. The third kappa shape index (κ3) is 5.19. The Morgan fingerprint density at radius 3 is 2.23 bits per heavy atom. The number of rotatable bonds is 8. The van der Waals surface area contributed by atoms with Crippen molar-refractivity contribution < 1.29 is 9.53 Å². The largest absolute Gasteiger partial charge is 0.460 e. The second kappa shape index (κ2) is 8.80. The number of hydrogen-bond acceptors (Lipinski definition) is 3. The van der Waals surface area contributed by atoms with Crippen molar-refractivity contribution in [2.24, 2.45) is 0 Å². The smallest absolute Gasteiger partial charge is 0.323 e. The van der Waals surface area contributed by atoms with Crippen LogP contribution in [0.25, 0.3) is 0 Å². The van der Waals surface area contributed by atoms with Crippen molar-refractivity contribution in [1.29, 1.82) is 0 Å². The fraction of sp³-hybridized carbons (Fsp3) is 0.211. The Labute approximate surface area is 131 Å². The molecule has 0 aromatic heterocycles. The molecule has 114 valence electrons. The van der Waals surface area contributed by atoms with E-state index in [9.17, 15) is 4.79 Å². The van der Waals surface area contributed by atoms with Gasteiger partial charge in [0.05, 0.1) is 0 Å². The lowest BCUT2D eigenvalue weighted by molar-refractivity contribution is -0.147. The summed E-state index contributed by atoms with van der Waals surface area (Å²) in [6.45, 7) is 4.54. The molecule has 0 saturated carbocycles. The van der Waals surface area contributed by atoms with E-state index in [0.29, 0.717) is 19.6 Å². The highest BCUT2D eigenvalue weighted by atomic mass is 16.5. The van der Waals surface area contributed by atoms with Crippen molar-refractivity contribution in [3.63, 3.8) is 0 Å². The second-order valence-electron chi connectivity index (χ2n) is 5.03. The highest BCUT2D eigenvalue weighted by Crippen LogP contribution is 2.07. The lowest BCUT2D eigenvalue weighted by Crippen LogP contribution is -2.39. The van der Waals surface area contributed by atoms with Crippen LogP contribution in [0, 0.1) is 0 Å². The number of ether oxygens (including phenoxy) is 1. The zero-order chi connectivity index (χ0) is 15.6. The fourth-order valence-electron chi connectivity index (χ4n) is 2.14. The molecule has 0 aliphatic heterocycles. The molecule has 0 bridgehead atoms. The molecular formula is C19H21NO2. The predicted octanol–water partition coefficient (Wildman–Crippen LogP) is 3.12. The zero-order valence-corrected chi connectivity index (χ0v) is 12.6. The lowest BCUT2D eigenvalue weighted by Gasteiger charge is -2.17. The first-order valence-electron chi connectivity index (χ1n) is 7.38. The minimum absolute atomic E-state index is 0.241. The van der Waals surface area contributed by atoms with Crippen LogP contribution in [0.15, 0.2) is 73.3 Å². The summed E-state index contributed by atoms with van der Waals surface area (Å²) in [4.78, 5) is 12.3. The normalized spacial score (nSPS) is 11.6. The molecule has 0 heterocycles. The molecule has 0 aliphatic carbocycles. The van der Waals surface area contributed by atoms with Gasteiger partial charge in [-0.2, -0.15) is 0 Å². The van der Waals surface area contributed by atoms with Gasteiger partial charge in [-0.25, -0.2) is 0 Å². The molecule has 2 aromatic rings. The Morgan fingerprint density at radius 2 is 1.64 bits per heavy atom. The molecule has 2 rings (SSSR count). The molecule has 3 heteroatoms. The fourth-order valence-corrected chi connectivity index (χ4v) is 2.14. The zero-order valence-electron chi connectivity index (χ0n) is 12.6. The molecule has 22 heavy (non-hydrogen) atoms. The van der Waals surface area contributed by atoms with E-state index in [2.05, 4.69) is 11.9 Å². The molecule has 0 unspecified atom stereocenters. The number of carbonyl (C=O) groups excluding carboxylic acids is 1. The monoisotopic (exact) mass is 295 g/mol. The first-order chi connectivity index (χ1) is 10.8. The Kier molecular flexibility index (Phi) is 6.39. The van der Waals surface area contributed by atoms with Crippen LogP contribution in [0.1, 0.15) is 11.1 Å². The Bertz CT molecular complexity index is 581. The molecule has 1 N–H and O–H groups in total. The van der Waals surface area contributed by atoms with E-state index < -0.39 is 0 Å². The van der Waals surface area contributed by atoms with Crippen molar-refractivity contribution >= 4 is 5.97 Å². The van der Waals surface area contributed by atoms with Gasteiger partial charge in [0.1, 0.15) is 12.6 Å². The van der Waals surface area contributed by atoms with E-state index >= 15 is 0 Å². The van der Waals surface area contributed by atoms with E-state index in [-0.39, 0.29) is 12.0 Å². The molecule has 2 aromatic carbocycles. The first kappa shape index (κ1) is 16.0. The lowest BCUT2D eigenvalue weighted by atomic mass is 10.1. The van der Waals surface area contributed by atoms with Crippen LogP contribution < -0.4 is 5.32 Å². The summed E-state index contributed by atoms with van der Waals surface area (Å²) < 4.78 is 5.42. The quantitative estimate of drug-likeness (QED) is 0.600. The third-order valence-electron chi connectivity index (χ3n) is 3.30. The van der Waals surface area contributed by atoms with Crippen LogP contribution in [-0.2, 0) is 22.6 Å². The summed E-state index contributed by atoms with van der Waals surface area (Å²) in [5, 5.41) is 3.16. The molecule has 3 nitrogen and oxygen atoms in total. The van der Waals surface area contributed by atoms with Crippen molar-refractivity contribution in [3.8, 4) is 0 Å². The Balaban J connectivity index is 1.95. The third-order valence-corrected chi connectivity index (χ3v) is 3.30. The Morgan fingerprint density at radius 1 is 1.05 bits per heavy atom. The molecule has 0 saturated heterocycles. The molecule has 0 aliphatic rings. The number of benzene rings is 2. The maximum absolute atomic E-state index is 12.3. The highest BCUT2D eigenvalue weighted by molar-refractivity contribution is 5.76. The average Bonchev–Trinajstić information content (AvgIpc) is 2.58. The molecule has 0 fully saturated rings. The summed E-state index contributed by atoms with van der Waals surface area (Å²) in [6.07, 6.45) is 2.34. The number of hydrogen-bond donors (Lipinski definition) is 1. The van der Waals surface area contributed by atoms with Crippen LogP contribution in [0.4, 0.5) is 0 Å². The van der Waals surface area contributed by atoms with Gasteiger partial charge in [-0.3, -0.25) is 4.79 Å². The van der Waals surface area contributed by atoms with Crippen molar-refractivity contribution in [1.82, 2.24) is 5.32 Å². The number of nitrogens with one attached hydrogen (secondary N) is 1. The summed E-state index contributed by atoms with van der Waals surface area (Å²) >= 11 is 0. The maximum atomic E-state index is 12.3. The average molecular weight is 295 g/mol. The van der Waals surface area contributed by atoms with Gasteiger partial charge in [0, 0.05) is 6.54 Å². The van der Waals surface area contributed by atoms with Crippen LogP contribution in [0.5, 0.6) is 0 Å². The first-order valence-corrected chi connectivity index (χ1v) is 7.38. The second-order valence-corrected chi connectivity index (χ2v) is 5.03. The summed E-state index contributed by atoms with van der Waals surface area (Å²) in [5.41, 5.74) is 2.08. The van der Waals surface area contributed by atoms with Gasteiger partial charge in [-0.05, 0) is 17.5 Å². The van der Waals surface area contributed by atoms with Gasteiger partial charge in [-0.1, -0.05) is 66.7 Å². The van der Waals surface area contributed by atoms with E-state index in [1.165, 1.54) is 0 Å². The molecule has 1 atom stereocenters. The topological polar surface area (TPSA) is 38.3 Å². The van der Waals surface area contributed by atoms with Gasteiger partial charge in [0.2, 0.25) is 0 Å². The van der Waals surface area contributed by atoms with Crippen molar-refractivity contribution in [2.45, 2.75) is 19.1 Å². The van der Waals surface area contributed by atoms with E-state index in [1.807, 2.05) is 60.7 Å². The van der Waals surface area contributed by atoms with Gasteiger partial charge in [0.25, 0.3) is 0 Å². The van der Waals surface area contributed by atoms with E-state index in [1.54, 1.807) is 6.08 Å². The van der Waals surface area contributed by atoms with E-state index in [4.69, 9.17) is 4.74 Å². The van der Waals surface area contributed by atoms with Crippen LogP contribution in [0.2, 0.25) is 0 Å². The highest BCUT2D eigenvalue weighted by Gasteiger charge is 2.19. The molecule has 0 spiro atoms. The van der Waals surface area contributed by atoms with E-state index in [0.717, 1.165) is 11.1 Å². The maximum Gasteiger partial charge on any atom is 0.323 e. The number of carbonyl (C=O) groups is 1. The predicted molar refractivity (Wildman–Crippen MR) is 88.4 cm³/mol. The van der Waals surface area contributed by atoms with Crippen molar-refractivity contribution in [3.05, 3.63) is 84.4 Å². The SMILES string of the molecule is C=CCN[C@@H](Cc1ccccc1)C(=O)OCc1ccccc1. The van der Waals surface area contributed by atoms with Gasteiger partial charge in [0.15, 0.2) is 0 Å². The number of esters is 1. The minimum Gasteiger partial charge on any atom is -0.460 e. The minimum atomic E-state index is -0.371. The van der Waals surface area contributed by atoms with Crippen LogP contribution in [-0.4, -0.2) is 18.6 Å². The Hall–Kier alpha value is -2.39. The standard InChI is InChI=1S/C19H21NO2/c1-2-13-20-18(14-16-9-5-3-6-10-16)19(21)22-15-17-11-7-4-8-12-17/h2-12,18,20H,1,13-15H2/t18-/m0/s1. The molecular weight excluding hydrogens is 274 g/mol. The van der Waals surface area contributed by atoms with Crippen molar-refractivity contribution in [2.75, 3.05) is 6.54 Å². The summed E-state index contributed by atoms with van der Waals surface area (Å²) in [6, 6.07) is 19.2. The van der Waals surface area contributed by atoms with Gasteiger partial charge in [-0.15, -0.1) is 6.58 Å². The van der Waals surface area contributed by atoms with Gasteiger partial charge >= 0.3 is 5.97 Å². The summed E-state index contributed by atoms with van der Waals surface area (Å²) in [5.74, 6) is -0.241. The van der Waals surface area contributed by atoms with Gasteiger partial charge < -0.3 is 10.1 Å². The van der Waals surface area contributed by atoms with Crippen LogP contribution >= 0.6 is 0 Å². The summed E-state index contributed by atoms with van der Waals surface area (Å²) in [7, 11) is 0. The molecule has 0 amide bonds.